The van der Waals surface area contributed by atoms with E-state index in [2.05, 4.69) is 62.1 Å². The molecule has 0 atom stereocenters. The zero-order chi connectivity index (χ0) is 36.1. The maximum Gasteiger partial charge on any atom is 0.153 e. The number of unbranched alkanes of at least 4 members (excludes halogenated alkanes) is 12. The van der Waals surface area contributed by atoms with Crippen molar-refractivity contribution in [1.82, 2.24) is 9.97 Å². The molecule has 0 saturated carbocycles. The quantitative estimate of drug-likeness (QED) is 0.0535. The molecule has 0 amide bonds. The molecule has 0 spiro atoms. The molecule has 0 bridgehead atoms. The summed E-state index contributed by atoms with van der Waals surface area (Å²) >= 11 is 10.7. The predicted octanol–water partition coefficient (Wildman–Crippen LogP) is 15.7. The normalized spacial score (nSPS) is 11.3. The van der Waals surface area contributed by atoms with Crippen LogP contribution < -0.4 is 0 Å². The van der Waals surface area contributed by atoms with E-state index in [9.17, 15) is 0 Å². The van der Waals surface area contributed by atoms with Crippen molar-refractivity contribution in [3.05, 3.63) is 69.7 Å². The van der Waals surface area contributed by atoms with E-state index in [1.54, 1.807) is 22.7 Å². The number of nitrogens with zero attached hydrogens (tertiary/aromatic N) is 2. The molecule has 6 aromatic rings. The molecular weight excluding hydrogens is 749 g/mol. The van der Waals surface area contributed by atoms with Crippen molar-refractivity contribution in [3.63, 3.8) is 0 Å². The number of hydrogen-bond acceptors (Lipinski definition) is 8. The van der Waals surface area contributed by atoms with Crippen LogP contribution in [0.3, 0.4) is 0 Å². The standard InChI is InChI=1S/C44H48N2S6/c1-5-9-11-13-15-17-19-21-33-41(39-29-27-37(49-39)35-25-23-31(7-3)47-35)51-43(45-33)44-46-34(22-20-18-16-14-12-10-6-2)42(52-44)40-30-28-38(50-40)36-26-24-32(8-4)48-36/h3-4,23-30H,5-6,9-22H2,1-2H3. The van der Waals surface area contributed by atoms with E-state index in [1.807, 2.05) is 57.5 Å². The Morgan fingerprint density at radius 2 is 0.769 bits per heavy atom. The Bertz CT molecular complexity index is 1930. The van der Waals surface area contributed by atoms with Crippen LogP contribution in [0.5, 0.6) is 0 Å². The Morgan fingerprint density at radius 1 is 0.423 bits per heavy atom. The monoisotopic (exact) mass is 796 g/mol. The first-order valence-corrected chi connectivity index (χ1v) is 23.8. The molecule has 0 saturated heterocycles. The Hall–Kier alpha value is -2.82. The molecule has 6 rings (SSSR count). The molecule has 0 radical (unpaired) electrons. The molecule has 6 heterocycles. The number of terminal acetylenes is 2. The first-order valence-electron chi connectivity index (χ1n) is 18.9. The minimum Gasteiger partial charge on any atom is -0.238 e. The van der Waals surface area contributed by atoms with E-state index in [0.29, 0.717) is 0 Å². The fourth-order valence-electron chi connectivity index (χ4n) is 6.39. The highest BCUT2D eigenvalue weighted by Crippen LogP contribution is 2.47. The van der Waals surface area contributed by atoms with Crippen LogP contribution in [0.4, 0.5) is 0 Å². The largest absolute Gasteiger partial charge is 0.238 e. The third-order valence-electron chi connectivity index (χ3n) is 9.25. The number of aromatic nitrogens is 2. The lowest BCUT2D eigenvalue weighted by molar-refractivity contribution is 0.588. The van der Waals surface area contributed by atoms with Crippen LogP contribution in [-0.4, -0.2) is 9.97 Å². The van der Waals surface area contributed by atoms with Gasteiger partial charge in [0.05, 0.1) is 30.9 Å². The topological polar surface area (TPSA) is 25.8 Å². The number of thiazole rings is 2. The Balaban J connectivity index is 1.28. The molecule has 0 aliphatic rings. The van der Waals surface area contributed by atoms with E-state index < -0.39 is 0 Å². The average Bonchev–Trinajstić information content (AvgIpc) is 4.01. The summed E-state index contributed by atoms with van der Waals surface area (Å²) in [5.74, 6) is 5.58. The van der Waals surface area contributed by atoms with Gasteiger partial charge in [0.25, 0.3) is 0 Å². The molecule has 0 unspecified atom stereocenters. The summed E-state index contributed by atoms with van der Waals surface area (Å²) in [6.07, 6.45) is 31.5. The lowest BCUT2D eigenvalue weighted by Crippen LogP contribution is -1.90. The van der Waals surface area contributed by atoms with Crippen LogP contribution in [-0.2, 0) is 12.8 Å². The van der Waals surface area contributed by atoms with Crippen molar-refractivity contribution < 1.29 is 0 Å². The van der Waals surface area contributed by atoms with E-state index >= 15 is 0 Å². The second-order valence-corrected chi connectivity index (χ2v) is 19.6. The molecule has 0 fully saturated rings. The molecule has 0 N–H and O–H groups in total. The molecule has 0 aromatic carbocycles. The maximum atomic E-state index is 5.69. The average molecular weight is 797 g/mol. The van der Waals surface area contributed by atoms with E-state index in [1.165, 1.54) is 140 Å². The highest BCUT2D eigenvalue weighted by atomic mass is 32.1. The second kappa shape index (κ2) is 20.0. The summed E-state index contributed by atoms with van der Waals surface area (Å²) in [7, 11) is 0. The van der Waals surface area contributed by atoms with Gasteiger partial charge in [-0.15, -0.1) is 80.9 Å². The summed E-state index contributed by atoms with van der Waals surface area (Å²) in [6.45, 7) is 4.57. The Labute approximate surface area is 335 Å². The summed E-state index contributed by atoms with van der Waals surface area (Å²) in [5, 5.41) is 2.11. The van der Waals surface area contributed by atoms with Gasteiger partial charge in [0.2, 0.25) is 0 Å². The molecule has 8 heteroatoms. The van der Waals surface area contributed by atoms with E-state index in [4.69, 9.17) is 22.8 Å². The summed E-state index contributed by atoms with van der Waals surface area (Å²) in [4.78, 5) is 22.9. The highest BCUT2D eigenvalue weighted by Gasteiger charge is 2.22. The van der Waals surface area contributed by atoms with Gasteiger partial charge in [-0.05, 0) is 74.2 Å². The van der Waals surface area contributed by atoms with Crippen molar-refractivity contribution in [2.45, 2.75) is 117 Å². The fraction of sp³-hybridized carbons (Fsp3) is 0.409. The van der Waals surface area contributed by atoms with Crippen LogP contribution in [0.1, 0.15) is 125 Å². The molecular formula is C44H48N2S6. The first-order chi connectivity index (χ1) is 25.6. The Kier molecular flexibility index (Phi) is 15.0. The SMILES string of the molecule is C#Cc1ccc(-c2ccc(-c3sc(-c4nc(CCCCCCCCC)c(-c5ccc(-c6ccc(C#C)s6)s5)s4)nc3CCCCCCCCC)s2)s1. The van der Waals surface area contributed by atoms with Crippen molar-refractivity contribution in [1.29, 1.82) is 0 Å². The van der Waals surface area contributed by atoms with Crippen molar-refractivity contribution in [3.8, 4) is 73.7 Å². The lowest BCUT2D eigenvalue weighted by atomic mass is 10.1. The van der Waals surface area contributed by atoms with E-state index in [-0.39, 0.29) is 0 Å². The molecule has 6 aromatic heterocycles. The third kappa shape index (κ3) is 10.2. The smallest absolute Gasteiger partial charge is 0.153 e. The van der Waals surface area contributed by atoms with Gasteiger partial charge in [0.15, 0.2) is 10.0 Å². The predicted molar refractivity (Wildman–Crippen MR) is 236 cm³/mol. The number of hydrogen-bond donors (Lipinski definition) is 0. The first kappa shape index (κ1) is 38.9. The van der Waals surface area contributed by atoms with Crippen LogP contribution in [0.25, 0.3) is 49.0 Å². The van der Waals surface area contributed by atoms with Crippen molar-refractivity contribution in [2.75, 3.05) is 0 Å². The minimum absolute atomic E-state index is 0.974. The van der Waals surface area contributed by atoms with Crippen molar-refractivity contribution in [2.24, 2.45) is 0 Å². The molecule has 0 aliphatic carbocycles. The maximum absolute atomic E-state index is 5.69. The molecule has 0 aliphatic heterocycles. The highest BCUT2D eigenvalue weighted by molar-refractivity contribution is 7.30. The van der Waals surface area contributed by atoms with Gasteiger partial charge in [-0.2, -0.15) is 0 Å². The summed E-state index contributed by atoms with van der Waals surface area (Å²) in [6, 6.07) is 17.5. The Morgan fingerprint density at radius 3 is 1.15 bits per heavy atom. The second-order valence-electron chi connectivity index (χ2n) is 13.3. The molecule has 52 heavy (non-hydrogen) atoms. The summed E-state index contributed by atoms with van der Waals surface area (Å²) < 4.78 is 0. The fourth-order valence-corrected chi connectivity index (χ4v) is 12.7. The molecule has 270 valence electrons. The van der Waals surface area contributed by atoms with Gasteiger partial charge < -0.3 is 0 Å². The van der Waals surface area contributed by atoms with Crippen LogP contribution in [0, 0.1) is 24.7 Å². The van der Waals surface area contributed by atoms with Gasteiger partial charge in [-0.3, -0.25) is 0 Å². The minimum atomic E-state index is 0.974. The van der Waals surface area contributed by atoms with Gasteiger partial charge in [0, 0.05) is 29.3 Å². The van der Waals surface area contributed by atoms with Crippen LogP contribution in [0.2, 0.25) is 0 Å². The summed E-state index contributed by atoms with van der Waals surface area (Å²) in [5.41, 5.74) is 2.45. The van der Waals surface area contributed by atoms with E-state index in [0.717, 1.165) is 32.6 Å². The number of aryl methyl sites for hydroxylation is 2. The van der Waals surface area contributed by atoms with Gasteiger partial charge in [-0.1, -0.05) is 103 Å². The number of rotatable bonds is 21. The zero-order valence-corrected chi connectivity index (χ0v) is 35.3. The third-order valence-corrected chi connectivity index (χ3v) is 16.5. The van der Waals surface area contributed by atoms with Gasteiger partial charge in [-0.25, -0.2) is 9.97 Å². The van der Waals surface area contributed by atoms with Gasteiger partial charge >= 0.3 is 0 Å². The van der Waals surface area contributed by atoms with Crippen molar-refractivity contribution >= 4 is 68.0 Å². The lowest BCUT2D eigenvalue weighted by Gasteiger charge is -2.02. The van der Waals surface area contributed by atoms with Crippen LogP contribution in [0.15, 0.2) is 48.5 Å². The molecule has 2 nitrogen and oxygen atoms in total. The number of thiophene rings is 4. The zero-order valence-electron chi connectivity index (χ0n) is 30.4. The van der Waals surface area contributed by atoms with Crippen LogP contribution >= 0.6 is 68.0 Å². The van der Waals surface area contributed by atoms with Gasteiger partial charge in [0.1, 0.15) is 0 Å².